The Morgan fingerprint density at radius 1 is 0.333 bits per heavy atom. The summed E-state index contributed by atoms with van der Waals surface area (Å²) in [6.45, 7) is 21.9. The number of aromatic nitrogens is 1. The van der Waals surface area contributed by atoms with Crippen molar-refractivity contribution < 1.29 is 13.2 Å². The van der Waals surface area contributed by atoms with Gasteiger partial charge in [0, 0.05) is 21.9 Å². The molecule has 8 aromatic carbocycles. The van der Waals surface area contributed by atoms with E-state index in [4.69, 9.17) is 45.3 Å². The van der Waals surface area contributed by atoms with Crippen LogP contribution in [0, 0.1) is 116 Å². The number of hydrogen-bond acceptors (Lipinski definition) is 3. The molecule has 1 aromatic heterocycles. The second kappa shape index (κ2) is 38.2. The first-order valence-electron chi connectivity index (χ1n) is 23.7. The molecule has 0 radical (unpaired) electrons. The molecule has 75 heavy (non-hydrogen) atoms. The molecule has 0 amide bonds. The summed E-state index contributed by atoms with van der Waals surface area (Å²) >= 11 is 16.7. The summed E-state index contributed by atoms with van der Waals surface area (Å²) in [7, 11) is 0. The van der Waals surface area contributed by atoms with Gasteiger partial charge in [-0.1, -0.05) is 172 Å². The van der Waals surface area contributed by atoms with Gasteiger partial charge in [-0.3, -0.25) is 4.98 Å². The molecule has 0 saturated heterocycles. The van der Waals surface area contributed by atoms with E-state index in [1.165, 1.54) is 63.7 Å². The first-order valence-corrected chi connectivity index (χ1v) is 24.9. The maximum atomic E-state index is 12.4. The van der Waals surface area contributed by atoms with Crippen molar-refractivity contribution >= 4 is 34.8 Å². The van der Waals surface area contributed by atoms with E-state index in [1.54, 1.807) is 36.4 Å². The van der Waals surface area contributed by atoms with E-state index in [0.717, 1.165) is 49.1 Å². The lowest BCUT2D eigenvalue weighted by molar-refractivity contribution is 0.626. The smallest absolute Gasteiger partial charge is 0.142 e. The van der Waals surface area contributed by atoms with Crippen LogP contribution in [0.2, 0.25) is 15.1 Å². The van der Waals surface area contributed by atoms with Crippen molar-refractivity contribution in [2.24, 2.45) is 0 Å². The standard InChI is InChI=1S/2C8H7N.C8H10.C7H6ClF.2C7H7Cl.2C7H7F.C7H9N/c1-7-2-4-8(6-9)5-3-7;1-7-3-2-4-8(5-7)6-9;1-7-3-5-8(2)6-4-7;1-5-2-3-6(8)7(9)4-5;1-6-2-4-7(8)5-3-6;1-6-3-2-4-7(8)5-6;1-6-2-4-7(8)5-3-6;1-6-3-2-4-7(8)5-6;1-6-3-4-7(2)8-5-6/h2*2-5H,1H3;3-6H,1-2H3;2-4H,1H3;4*2-5H,1H3;3-5H,1-2H3. The highest BCUT2D eigenvalue weighted by molar-refractivity contribution is 6.31. The lowest BCUT2D eigenvalue weighted by atomic mass is 10.2. The fraction of sp³-hybridized carbons (Fsp3) is 0.167. The second-order valence-corrected chi connectivity index (χ2v) is 18.5. The van der Waals surface area contributed by atoms with Crippen molar-refractivity contribution in [2.75, 3.05) is 0 Å². The van der Waals surface area contributed by atoms with E-state index in [0.29, 0.717) is 0 Å². The van der Waals surface area contributed by atoms with Gasteiger partial charge in [0.25, 0.3) is 0 Å². The van der Waals surface area contributed by atoms with Crippen molar-refractivity contribution in [2.45, 2.75) is 76.2 Å². The highest BCUT2D eigenvalue weighted by Crippen LogP contribution is 2.14. The van der Waals surface area contributed by atoms with Gasteiger partial charge in [-0.2, -0.15) is 10.5 Å². The van der Waals surface area contributed by atoms with Gasteiger partial charge in [0.2, 0.25) is 0 Å². The van der Waals surface area contributed by atoms with Gasteiger partial charge in [0.05, 0.1) is 28.3 Å². The number of pyridine rings is 1. The summed E-state index contributed by atoms with van der Waals surface area (Å²) in [6.07, 6.45) is 1.87. The monoisotopic (exact) mass is 1060 g/mol. The van der Waals surface area contributed by atoms with Crippen molar-refractivity contribution in [3.05, 3.63) is 311 Å². The van der Waals surface area contributed by atoms with E-state index in [-0.39, 0.29) is 22.5 Å². The predicted octanol–water partition coefficient (Wildman–Crippen LogP) is 20.1. The molecular weight excluding hydrogens is 998 g/mol. The van der Waals surface area contributed by atoms with Crippen LogP contribution in [-0.4, -0.2) is 4.98 Å². The van der Waals surface area contributed by atoms with Crippen LogP contribution in [0.3, 0.4) is 0 Å². The third-order valence-electron chi connectivity index (χ3n) is 9.66. The summed E-state index contributed by atoms with van der Waals surface area (Å²) in [6, 6.07) is 64.8. The summed E-state index contributed by atoms with van der Waals surface area (Å²) in [5.74, 6) is -0.683. The van der Waals surface area contributed by atoms with Crippen molar-refractivity contribution in [3.63, 3.8) is 0 Å². The van der Waals surface area contributed by atoms with Gasteiger partial charge in [0.15, 0.2) is 0 Å². The van der Waals surface area contributed by atoms with E-state index < -0.39 is 0 Å². The van der Waals surface area contributed by atoms with Gasteiger partial charge in [-0.05, 0) is 195 Å². The van der Waals surface area contributed by atoms with Crippen LogP contribution in [0.1, 0.15) is 72.5 Å². The number of hydrogen-bond donors (Lipinski definition) is 0. The molecule has 0 bridgehead atoms. The van der Waals surface area contributed by atoms with Gasteiger partial charge in [-0.25, -0.2) is 13.2 Å². The molecule has 0 fully saturated rings. The normalized spacial score (nSPS) is 9.11. The van der Waals surface area contributed by atoms with Crippen LogP contribution in [0.15, 0.2) is 206 Å². The Balaban J connectivity index is 0.000000422. The molecule has 9 heteroatoms. The first-order chi connectivity index (χ1) is 35.6. The Labute approximate surface area is 460 Å². The van der Waals surface area contributed by atoms with E-state index in [1.807, 2.05) is 172 Å². The van der Waals surface area contributed by atoms with Crippen LogP contribution < -0.4 is 0 Å². The van der Waals surface area contributed by atoms with E-state index in [9.17, 15) is 13.2 Å². The Bertz CT molecular complexity index is 2720. The quantitative estimate of drug-likeness (QED) is 0.152. The van der Waals surface area contributed by atoms with Crippen molar-refractivity contribution in [1.29, 1.82) is 10.5 Å². The average molecular weight is 1070 g/mol. The zero-order chi connectivity index (χ0) is 56.1. The predicted molar refractivity (Wildman–Crippen MR) is 312 cm³/mol. The van der Waals surface area contributed by atoms with Gasteiger partial charge in [0.1, 0.15) is 17.5 Å². The number of rotatable bonds is 0. The van der Waals surface area contributed by atoms with Crippen molar-refractivity contribution in [3.8, 4) is 12.1 Å². The number of nitriles is 2. The number of halogens is 6. The van der Waals surface area contributed by atoms with Crippen molar-refractivity contribution in [1.82, 2.24) is 4.98 Å². The molecule has 0 spiro atoms. The molecule has 3 nitrogen and oxygen atoms in total. The highest BCUT2D eigenvalue weighted by atomic mass is 35.5. The number of aryl methyl sites for hydroxylation is 11. The first kappa shape index (κ1) is 65.6. The number of benzene rings is 8. The van der Waals surface area contributed by atoms with Crippen LogP contribution in [0.25, 0.3) is 0 Å². The Hall–Kier alpha value is -7.45. The molecular formula is C66H67Cl3F3N3. The zero-order valence-electron chi connectivity index (χ0n) is 44.7. The molecule has 0 aliphatic heterocycles. The Kier molecular flexibility index (Phi) is 33.4. The summed E-state index contributed by atoms with van der Waals surface area (Å²) in [5, 5.41) is 18.6. The Morgan fingerprint density at radius 3 is 1.05 bits per heavy atom. The molecule has 9 rings (SSSR count). The molecule has 1 heterocycles. The fourth-order valence-electron chi connectivity index (χ4n) is 5.40. The minimum atomic E-state index is -0.350. The second-order valence-electron chi connectivity index (χ2n) is 17.2. The summed E-state index contributed by atoms with van der Waals surface area (Å²) in [5.41, 5.74) is 14.1. The molecule has 0 unspecified atom stereocenters. The average Bonchev–Trinajstić information content (AvgIpc) is 3.38. The van der Waals surface area contributed by atoms with E-state index >= 15 is 0 Å². The molecule has 0 saturated carbocycles. The third-order valence-corrected chi connectivity index (χ3v) is 10.5. The lowest BCUT2D eigenvalue weighted by Gasteiger charge is -1.92. The molecule has 388 valence electrons. The van der Waals surface area contributed by atoms with Gasteiger partial charge in [-0.15, -0.1) is 0 Å². The minimum Gasteiger partial charge on any atom is -0.261 e. The van der Waals surface area contributed by atoms with Crippen LogP contribution in [-0.2, 0) is 0 Å². The maximum absolute atomic E-state index is 12.4. The molecule has 0 N–H and O–H groups in total. The topological polar surface area (TPSA) is 60.5 Å². The summed E-state index contributed by atoms with van der Waals surface area (Å²) in [4.78, 5) is 4.08. The van der Waals surface area contributed by atoms with Crippen LogP contribution in [0.5, 0.6) is 0 Å². The molecule has 0 atom stereocenters. The fourth-order valence-corrected chi connectivity index (χ4v) is 5.89. The number of nitrogens with zero attached hydrogens (tertiary/aromatic N) is 3. The van der Waals surface area contributed by atoms with Gasteiger partial charge < -0.3 is 0 Å². The van der Waals surface area contributed by atoms with E-state index in [2.05, 4.69) is 61.3 Å². The molecule has 9 aromatic rings. The maximum Gasteiger partial charge on any atom is 0.142 e. The molecule has 0 aliphatic carbocycles. The highest BCUT2D eigenvalue weighted by Gasteiger charge is 1.96. The summed E-state index contributed by atoms with van der Waals surface area (Å²) < 4.78 is 36.7. The minimum absolute atomic E-state index is 0.162. The van der Waals surface area contributed by atoms with Crippen LogP contribution in [0.4, 0.5) is 13.2 Å². The molecule has 0 aliphatic rings. The lowest BCUT2D eigenvalue weighted by Crippen LogP contribution is -1.78. The van der Waals surface area contributed by atoms with Gasteiger partial charge >= 0.3 is 0 Å². The zero-order valence-corrected chi connectivity index (χ0v) is 47.0. The largest absolute Gasteiger partial charge is 0.261 e. The third kappa shape index (κ3) is 34.6. The SMILES string of the molecule is Cc1ccc(C#N)cc1.Cc1ccc(C)cc1.Cc1ccc(C)nc1.Cc1ccc(Cl)c(F)c1.Cc1ccc(Cl)cc1.Cc1ccc(F)cc1.Cc1cccc(C#N)c1.Cc1cccc(Cl)c1.Cc1cccc(F)c1. The Morgan fingerprint density at radius 2 is 0.733 bits per heavy atom. The van der Waals surface area contributed by atoms with Crippen LogP contribution >= 0.6 is 34.8 Å².